The molecule has 1 amide bonds. The first-order valence-electron chi connectivity index (χ1n) is 7.21. The first-order valence-corrected chi connectivity index (χ1v) is 7.21. The largest absolute Gasteiger partial charge is 0.418 e. The number of aromatic nitrogens is 2. The highest BCUT2D eigenvalue weighted by Gasteiger charge is 2.34. The van der Waals surface area contributed by atoms with E-state index in [1.807, 2.05) is 0 Å². The smallest absolute Gasteiger partial charge is 0.324 e. The van der Waals surface area contributed by atoms with Crippen molar-refractivity contribution in [2.45, 2.75) is 33.0 Å². The van der Waals surface area contributed by atoms with Gasteiger partial charge in [0.25, 0.3) is 0 Å². The number of carbonyl (C=O) groups is 1. The number of nitrogens with zero attached hydrogens (tertiary/aromatic N) is 3. The van der Waals surface area contributed by atoms with E-state index in [0.29, 0.717) is 0 Å². The molecule has 0 radical (unpaired) electrons. The minimum absolute atomic E-state index is 0.123. The highest BCUT2D eigenvalue weighted by atomic mass is 19.4. The monoisotopic (exact) mass is 356 g/mol. The predicted molar refractivity (Wildman–Crippen MR) is 83.1 cm³/mol. The number of hydrogen-bond donors (Lipinski definition) is 1. The third-order valence-electron chi connectivity index (χ3n) is 3.71. The summed E-state index contributed by atoms with van der Waals surface area (Å²) in [6, 6.07) is 3.54. The van der Waals surface area contributed by atoms with Crippen molar-refractivity contribution >= 4 is 17.3 Å². The van der Waals surface area contributed by atoms with Crippen molar-refractivity contribution < 1.29 is 22.9 Å². The van der Waals surface area contributed by atoms with E-state index in [4.69, 9.17) is 0 Å². The molecule has 0 saturated heterocycles. The second-order valence-electron chi connectivity index (χ2n) is 5.43. The molecule has 1 N–H and O–H groups in total. The summed E-state index contributed by atoms with van der Waals surface area (Å²) in [6.45, 7) is 4.24. The fourth-order valence-electron chi connectivity index (χ4n) is 2.48. The summed E-state index contributed by atoms with van der Waals surface area (Å²) in [5, 5.41) is 17.2. The molecular formula is C15H15F3N4O3. The van der Waals surface area contributed by atoms with Crippen LogP contribution in [0.4, 0.5) is 24.5 Å². The molecule has 7 nitrogen and oxygen atoms in total. The fraction of sp³-hybridized carbons (Fsp3) is 0.333. The van der Waals surface area contributed by atoms with E-state index < -0.39 is 28.6 Å². The lowest BCUT2D eigenvalue weighted by molar-refractivity contribution is -0.386. The summed E-state index contributed by atoms with van der Waals surface area (Å²) < 4.78 is 40.1. The minimum Gasteiger partial charge on any atom is -0.324 e. The molecule has 25 heavy (non-hydrogen) atoms. The minimum atomic E-state index is -4.62. The molecule has 10 heteroatoms. The Hall–Kier alpha value is -2.91. The van der Waals surface area contributed by atoms with Crippen LogP contribution in [0.5, 0.6) is 0 Å². The Balaban J connectivity index is 2.32. The average molecular weight is 356 g/mol. The van der Waals surface area contributed by atoms with Crippen molar-refractivity contribution in [1.82, 2.24) is 9.78 Å². The molecule has 2 rings (SSSR count). The number of rotatable bonds is 4. The van der Waals surface area contributed by atoms with Crippen molar-refractivity contribution in [3.8, 4) is 0 Å². The van der Waals surface area contributed by atoms with Gasteiger partial charge in [-0.3, -0.25) is 19.6 Å². The topological polar surface area (TPSA) is 90.1 Å². The summed E-state index contributed by atoms with van der Waals surface area (Å²) in [6.07, 6.45) is -4.62. The van der Waals surface area contributed by atoms with Crippen LogP contribution in [0.2, 0.25) is 0 Å². The van der Waals surface area contributed by atoms with E-state index in [1.165, 1.54) is 32.9 Å². The van der Waals surface area contributed by atoms with Gasteiger partial charge < -0.3 is 5.32 Å². The van der Waals surface area contributed by atoms with Crippen LogP contribution in [0.25, 0.3) is 0 Å². The molecule has 0 fully saturated rings. The first-order chi connectivity index (χ1) is 11.5. The lowest BCUT2D eigenvalue weighted by Gasteiger charge is -2.17. The molecule has 134 valence electrons. The number of nitro groups is 1. The number of amides is 1. The van der Waals surface area contributed by atoms with E-state index >= 15 is 0 Å². The van der Waals surface area contributed by atoms with Crippen LogP contribution in [0.3, 0.4) is 0 Å². The number of benzene rings is 1. The van der Waals surface area contributed by atoms with E-state index in [0.717, 1.165) is 16.8 Å². The van der Waals surface area contributed by atoms with Gasteiger partial charge in [-0.05, 0) is 32.9 Å². The van der Waals surface area contributed by atoms with E-state index in [9.17, 15) is 28.1 Å². The number of para-hydroxylation sites is 1. The number of aryl methyl sites for hydroxylation is 1. The normalized spacial score (nSPS) is 12.7. The zero-order chi connectivity index (χ0) is 18.9. The first kappa shape index (κ1) is 18.4. The van der Waals surface area contributed by atoms with Gasteiger partial charge in [-0.25, -0.2) is 0 Å². The summed E-state index contributed by atoms with van der Waals surface area (Å²) in [5.74, 6) is -0.766. The maximum Gasteiger partial charge on any atom is 0.418 e. The summed E-state index contributed by atoms with van der Waals surface area (Å²) in [7, 11) is 0. The maximum absolute atomic E-state index is 13.0. The van der Waals surface area contributed by atoms with Gasteiger partial charge in [0.1, 0.15) is 17.4 Å². The Morgan fingerprint density at radius 1 is 1.32 bits per heavy atom. The molecule has 0 aliphatic carbocycles. The van der Waals surface area contributed by atoms with Crippen molar-refractivity contribution in [1.29, 1.82) is 0 Å². The molecule has 0 spiro atoms. The third kappa shape index (κ3) is 3.62. The van der Waals surface area contributed by atoms with Crippen molar-refractivity contribution in [2.24, 2.45) is 0 Å². The van der Waals surface area contributed by atoms with Gasteiger partial charge in [-0.2, -0.15) is 18.3 Å². The highest BCUT2D eigenvalue weighted by molar-refractivity contribution is 5.94. The van der Waals surface area contributed by atoms with Crippen molar-refractivity contribution in [2.75, 3.05) is 5.32 Å². The number of nitrogens with one attached hydrogen (secondary N) is 1. The lowest BCUT2D eigenvalue weighted by atomic mass is 10.1. The third-order valence-corrected chi connectivity index (χ3v) is 3.71. The summed E-state index contributed by atoms with van der Waals surface area (Å²) in [5.41, 5.74) is -1.32. The van der Waals surface area contributed by atoms with Crippen LogP contribution in [0, 0.1) is 24.0 Å². The molecule has 1 aromatic heterocycles. The van der Waals surface area contributed by atoms with E-state index in [1.54, 1.807) is 0 Å². The van der Waals surface area contributed by atoms with Crippen LogP contribution >= 0.6 is 0 Å². The molecule has 0 aliphatic heterocycles. The molecule has 0 bridgehead atoms. The molecule has 0 unspecified atom stereocenters. The van der Waals surface area contributed by atoms with Crippen molar-refractivity contribution in [3.63, 3.8) is 0 Å². The number of hydrogen-bond acceptors (Lipinski definition) is 4. The zero-order valence-corrected chi connectivity index (χ0v) is 13.6. The van der Waals surface area contributed by atoms with Crippen LogP contribution < -0.4 is 5.32 Å². The predicted octanol–water partition coefficient (Wildman–Crippen LogP) is 3.63. The molecular weight excluding hydrogens is 341 g/mol. The van der Waals surface area contributed by atoms with Gasteiger partial charge in [0.15, 0.2) is 0 Å². The van der Waals surface area contributed by atoms with Crippen LogP contribution in [-0.4, -0.2) is 20.6 Å². The molecule has 1 atom stereocenters. The Labute approximate surface area is 140 Å². The molecule has 1 heterocycles. The quantitative estimate of drug-likeness (QED) is 0.669. The Bertz CT molecular complexity index is 830. The van der Waals surface area contributed by atoms with Crippen molar-refractivity contribution in [3.05, 3.63) is 51.3 Å². The SMILES string of the molecule is Cc1nn([C@@H](C)C(=O)Nc2ccccc2C(F)(F)F)c(C)c1[N+](=O)[O-]. The second kappa shape index (κ2) is 6.54. The van der Waals surface area contributed by atoms with Gasteiger partial charge in [-0.15, -0.1) is 0 Å². The van der Waals surface area contributed by atoms with Crippen LogP contribution in [-0.2, 0) is 11.0 Å². The lowest BCUT2D eigenvalue weighted by Crippen LogP contribution is -2.26. The second-order valence-corrected chi connectivity index (χ2v) is 5.43. The van der Waals surface area contributed by atoms with Gasteiger partial charge in [0.2, 0.25) is 5.91 Å². The van der Waals surface area contributed by atoms with Gasteiger partial charge in [0, 0.05) is 0 Å². The number of alkyl halides is 3. The number of anilines is 1. The Morgan fingerprint density at radius 2 is 1.92 bits per heavy atom. The highest BCUT2D eigenvalue weighted by Crippen LogP contribution is 2.35. The maximum atomic E-state index is 13.0. The van der Waals surface area contributed by atoms with Gasteiger partial charge in [-0.1, -0.05) is 12.1 Å². The van der Waals surface area contributed by atoms with Crippen LogP contribution in [0.15, 0.2) is 24.3 Å². The zero-order valence-electron chi connectivity index (χ0n) is 13.6. The van der Waals surface area contributed by atoms with E-state index in [2.05, 4.69) is 10.4 Å². The summed E-state index contributed by atoms with van der Waals surface area (Å²) in [4.78, 5) is 22.7. The molecule has 0 saturated carbocycles. The molecule has 0 aliphatic rings. The average Bonchev–Trinajstić information content (AvgIpc) is 2.80. The molecule has 2 aromatic rings. The summed E-state index contributed by atoms with van der Waals surface area (Å²) >= 11 is 0. The van der Waals surface area contributed by atoms with Gasteiger partial charge in [0.05, 0.1) is 16.2 Å². The van der Waals surface area contributed by atoms with Crippen LogP contribution in [0.1, 0.15) is 29.9 Å². The van der Waals surface area contributed by atoms with Gasteiger partial charge >= 0.3 is 11.9 Å². The number of halogens is 3. The Morgan fingerprint density at radius 3 is 2.44 bits per heavy atom. The Kier molecular flexibility index (Phi) is 4.82. The standard InChI is InChI=1S/C15H15F3N4O3/c1-8-13(22(24)25)9(2)21(20-8)10(3)14(23)19-12-7-5-4-6-11(12)15(16,17)18/h4-7,10H,1-3H3,(H,19,23)/t10-/m0/s1. The fourth-order valence-corrected chi connectivity index (χ4v) is 2.48. The molecule has 1 aromatic carbocycles. The van der Waals surface area contributed by atoms with E-state index in [-0.39, 0.29) is 22.8 Å². The number of carbonyl (C=O) groups excluding carboxylic acids is 1.